The summed E-state index contributed by atoms with van der Waals surface area (Å²) in [6.07, 6.45) is 1.94. The summed E-state index contributed by atoms with van der Waals surface area (Å²) in [6, 6.07) is 4.44. The van der Waals surface area contributed by atoms with Crippen LogP contribution in [0.15, 0.2) is 12.1 Å². The lowest BCUT2D eigenvalue weighted by Gasteiger charge is -2.34. The molecule has 7 nitrogen and oxygen atoms in total. The van der Waals surface area contributed by atoms with Gasteiger partial charge in [-0.1, -0.05) is 0 Å². The summed E-state index contributed by atoms with van der Waals surface area (Å²) in [5, 5.41) is 22.2. The average molecular weight is 335 g/mol. The molecule has 0 radical (unpaired) electrons. The summed E-state index contributed by atoms with van der Waals surface area (Å²) < 4.78 is 5.34. The zero-order chi connectivity index (χ0) is 16.8. The number of aliphatic hydroxyl groups excluding tert-OH is 1. The Morgan fingerprint density at radius 1 is 1.29 bits per heavy atom. The molecule has 2 aliphatic rings. The van der Waals surface area contributed by atoms with Crippen molar-refractivity contribution < 1.29 is 9.84 Å². The van der Waals surface area contributed by atoms with Crippen molar-refractivity contribution in [3.05, 3.63) is 17.8 Å². The number of ether oxygens (including phenoxy) is 1. The van der Waals surface area contributed by atoms with Crippen LogP contribution in [0.1, 0.15) is 18.5 Å². The molecule has 2 saturated heterocycles. The number of β-amino-alcohol motifs (C(OH)–C–C–N with tert-alkyl or cyclic N) is 1. The number of anilines is 1. The van der Waals surface area contributed by atoms with Gasteiger partial charge in [0.25, 0.3) is 0 Å². The van der Waals surface area contributed by atoms with E-state index >= 15 is 0 Å². The SMILES string of the molecule is Cc1ccc(N2CCC[C@@H](NC[C@@H](O)CN3CCOCC3)C2)nn1. The van der Waals surface area contributed by atoms with Crippen molar-refractivity contribution in [2.75, 3.05) is 57.4 Å². The molecule has 2 N–H and O–H groups in total. The van der Waals surface area contributed by atoms with Crippen LogP contribution in [0.5, 0.6) is 0 Å². The summed E-state index contributed by atoms with van der Waals surface area (Å²) in [4.78, 5) is 4.55. The quantitative estimate of drug-likeness (QED) is 0.760. The molecule has 7 heteroatoms. The van der Waals surface area contributed by atoms with E-state index in [2.05, 4.69) is 25.3 Å². The molecule has 1 aromatic rings. The van der Waals surface area contributed by atoms with Crippen LogP contribution in [0.2, 0.25) is 0 Å². The van der Waals surface area contributed by atoms with E-state index in [-0.39, 0.29) is 6.10 Å². The number of morpholine rings is 1. The zero-order valence-corrected chi connectivity index (χ0v) is 14.5. The highest BCUT2D eigenvalue weighted by Gasteiger charge is 2.22. The minimum absolute atomic E-state index is 0.336. The average Bonchev–Trinajstić information content (AvgIpc) is 2.62. The summed E-state index contributed by atoms with van der Waals surface area (Å²) in [6.45, 7) is 8.62. The van der Waals surface area contributed by atoms with Crippen molar-refractivity contribution in [1.29, 1.82) is 0 Å². The van der Waals surface area contributed by atoms with Gasteiger partial charge in [0.15, 0.2) is 5.82 Å². The predicted octanol–water partition coefficient (Wildman–Crippen LogP) is 0.0365. The van der Waals surface area contributed by atoms with E-state index in [0.29, 0.717) is 12.6 Å². The lowest BCUT2D eigenvalue weighted by atomic mass is 10.1. The van der Waals surface area contributed by atoms with E-state index in [9.17, 15) is 5.11 Å². The van der Waals surface area contributed by atoms with Gasteiger partial charge in [-0.05, 0) is 31.9 Å². The molecule has 2 fully saturated rings. The molecule has 3 rings (SSSR count). The van der Waals surface area contributed by atoms with Gasteiger partial charge in [-0.25, -0.2) is 0 Å². The highest BCUT2D eigenvalue weighted by Crippen LogP contribution is 2.17. The molecule has 0 spiro atoms. The molecule has 24 heavy (non-hydrogen) atoms. The topological polar surface area (TPSA) is 73.8 Å². The molecule has 0 aliphatic carbocycles. The second kappa shape index (κ2) is 8.71. The summed E-state index contributed by atoms with van der Waals surface area (Å²) >= 11 is 0. The van der Waals surface area contributed by atoms with Gasteiger partial charge in [-0.15, -0.1) is 5.10 Å². The maximum atomic E-state index is 10.3. The van der Waals surface area contributed by atoms with Crippen LogP contribution in [0.25, 0.3) is 0 Å². The van der Waals surface area contributed by atoms with Crippen molar-refractivity contribution in [3.63, 3.8) is 0 Å². The fraction of sp³-hybridized carbons (Fsp3) is 0.765. The fourth-order valence-corrected chi connectivity index (χ4v) is 3.36. The largest absolute Gasteiger partial charge is 0.390 e. The molecule has 3 heterocycles. The maximum absolute atomic E-state index is 10.3. The Morgan fingerprint density at radius 2 is 2.12 bits per heavy atom. The molecular weight excluding hydrogens is 306 g/mol. The van der Waals surface area contributed by atoms with Gasteiger partial charge in [0.05, 0.1) is 25.0 Å². The van der Waals surface area contributed by atoms with E-state index in [1.54, 1.807) is 0 Å². The second-order valence-corrected chi connectivity index (χ2v) is 6.79. The van der Waals surface area contributed by atoms with Crippen LogP contribution < -0.4 is 10.2 Å². The Balaban J connectivity index is 1.42. The number of aliphatic hydroxyl groups is 1. The first kappa shape index (κ1) is 17.5. The molecule has 2 aliphatic heterocycles. The molecule has 1 aromatic heterocycles. The lowest BCUT2D eigenvalue weighted by Crippen LogP contribution is -2.50. The number of hydrogen-bond acceptors (Lipinski definition) is 7. The van der Waals surface area contributed by atoms with Crippen LogP contribution in [-0.2, 0) is 4.74 Å². The fourth-order valence-electron chi connectivity index (χ4n) is 3.36. The molecular formula is C17H29N5O2. The van der Waals surface area contributed by atoms with Crippen LogP contribution in [-0.4, -0.2) is 84.8 Å². The predicted molar refractivity (Wildman–Crippen MR) is 93.3 cm³/mol. The molecule has 0 bridgehead atoms. The number of piperidine rings is 1. The molecule has 0 saturated carbocycles. The zero-order valence-electron chi connectivity index (χ0n) is 14.5. The second-order valence-electron chi connectivity index (χ2n) is 6.79. The van der Waals surface area contributed by atoms with Gasteiger partial charge < -0.3 is 20.1 Å². The minimum Gasteiger partial charge on any atom is -0.390 e. The van der Waals surface area contributed by atoms with Gasteiger partial charge in [-0.3, -0.25) is 4.90 Å². The van der Waals surface area contributed by atoms with Gasteiger partial charge in [0.2, 0.25) is 0 Å². The van der Waals surface area contributed by atoms with Crippen LogP contribution in [0.4, 0.5) is 5.82 Å². The number of rotatable bonds is 6. The first-order valence-corrected chi connectivity index (χ1v) is 8.97. The Hall–Kier alpha value is -1.28. The highest BCUT2D eigenvalue weighted by molar-refractivity contribution is 5.38. The van der Waals surface area contributed by atoms with Gasteiger partial charge in [0, 0.05) is 45.3 Å². The van der Waals surface area contributed by atoms with E-state index in [1.165, 1.54) is 0 Å². The normalized spacial score (nSPS) is 24.1. The number of hydrogen-bond donors (Lipinski definition) is 2. The number of nitrogens with zero attached hydrogens (tertiary/aromatic N) is 4. The lowest BCUT2D eigenvalue weighted by molar-refractivity contribution is 0.0144. The van der Waals surface area contributed by atoms with Crippen molar-refractivity contribution >= 4 is 5.82 Å². The maximum Gasteiger partial charge on any atom is 0.151 e. The van der Waals surface area contributed by atoms with Crippen LogP contribution >= 0.6 is 0 Å². The van der Waals surface area contributed by atoms with Crippen LogP contribution in [0, 0.1) is 6.92 Å². The van der Waals surface area contributed by atoms with Crippen LogP contribution in [0.3, 0.4) is 0 Å². The standard InChI is InChI=1S/C17H29N5O2/c1-14-4-5-17(20-19-14)22-6-2-3-15(12-22)18-11-16(23)13-21-7-9-24-10-8-21/h4-5,15-16,18,23H,2-3,6-13H2,1H3/t15-,16-/m1/s1. The molecule has 2 atom stereocenters. The van der Waals surface area contributed by atoms with Crippen molar-refractivity contribution in [2.45, 2.75) is 31.9 Å². The third kappa shape index (κ3) is 5.11. The monoisotopic (exact) mass is 335 g/mol. The third-order valence-electron chi connectivity index (χ3n) is 4.74. The smallest absolute Gasteiger partial charge is 0.151 e. The summed E-state index contributed by atoms with van der Waals surface area (Å²) in [5.41, 5.74) is 0.941. The third-order valence-corrected chi connectivity index (χ3v) is 4.74. The van der Waals surface area contributed by atoms with Crippen molar-refractivity contribution in [1.82, 2.24) is 20.4 Å². The Kier molecular flexibility index (Phi) is 6.37. The van der Waals surface area contributed by atoms with Gasteiger partial charge in [0.1, 0.15) is 0 Å². The Bertz CT molecular complexity index is 492. The Labute approximate surface area is 144 Å². The Morgan fingerprint density at radius 3 is 2.88 bits per heavy atom. The van der Waals surface area contributed by atoms with E-state index < -0.39 is 0 Å². The van der Waals surface area contributed by atoms with E-state index in [4.69, 9.17) is 4.74 Å². The number of aromatic nitrogens is 2. The van der Waals surface area contributed by atoms with Gasteiger partial charge >= 0.3 is 0 Å². The molecule has 134 valence electrons. The first-order valence-electron chi connectivity index (χ1n) is 8.97. The van der Waals surface area contributed by atoms with E-state index in [0.717, 1.165) is 70.3 Å². The number of nitrogens with one attached hydrogen (secondary N) is 1. The van der Waals surface area contributed by atoms with Crippen molar-refractivity contribution in [3.8, 4) is 0 Å². The first-order chi connectivity index (χ1) is 11.7. The molecule has 0 unspecified atom stereocenters. The summed E-state index contributed by atoms with van der Waals surface area (Å²) in [5.74, 6) is 0.945. The molecule has 0 aromatic carbocycles. The van der Waals surface area contributed by atoms with E-state index in [1.807, 2.05) is 19.1 Å². The van der Waals surface area contributed by atoms with Crippen molar-refractivity contribution in [2.24, 2.45) is 0 Å². The summed E-state index contributed by atoms with van der Waals surface area (Å²) in [7, 11) is 0. The molecule has 0 amide bonds. The number of aryl methyl sites for hydroxylation is 1. The highest BCUT2D eigenvalue weighted by atomic mass is 16.5. The minimum atomic E-state index is -0.336. The van der Waals surface area contributed by atoms with Gasteiger partial charge in [-0.2, -0.15) is 5.10 Å².